The number of anilines is 1. The molecule has 17 heavy (non-hydrogen) atoms. The molecular weight excluding hydrogens is 284 g/mol. The molecule has 1 aromatic carbocycles. The van der Waals surface area contributed by atoms with Gasteiger partial charge in [0.15, 0.2) is 0 Å². The standard InChI is InChI=1S/C12H13BrN2O2/c1-7-2-9(13)5-10(3-7)15-6-8(12(14)17)4-11(15)16/h2-3,5,8H,4,6H2,1H3,(H2,14,17). The number of amides is 2. The third-order valence-electron chi connectivity index (χ3n) is 2.87. The Morgan fingerprint density at radius 1 is 1.47 bits per heavy atom. The first-order valence-electron chi connectivity index (χ1n) is 5.34. The highest BCUT2D eigenvalue weighted by Gasteiger charge is 2.33. The third kappa shape index (κ3) is 2.49. The molecule has 1 unspecified atom stereocenters. The molecule has 4 nitrogen and oxygen atoms in total. The summed E-state index contributed by atoms with van der Waals surface area (Å²) in [4.78, 5) is 24.5. The van der Waals surface area contributed by atoms with Crippen molar-refractivity contribution in [1.29, 1.82) is 0 Å². The fraction of sp³-hybridized carbons (Fsp3) is 0.333. The fourth-order valence-electron chi connectivity index (χ4n) is 2.02. The van der Waals surface area contributed by atoms with Crippen LogP contribution in [0.5, 0.6) is 0 Å². The van der Waals surface area contributed by atoms with E-state index in [2.05, 4.69) is 15.9 Å². The predicted octanol–water partition coefficient (Wildman–Crippen LogP) is 1.60. The molecule has 0 spiro atoms. The van der Waals surface area contributed by atoms with E-state index in [-0.39, 0.29) is 18.2 Å². The van der Waals surface area contributed by atoms with Gasteiger partial charge in [-0.1, -0.05) is 15.9 Å². The quantitative estimate of drug-likeness (QED) is 0.901. The normalized spacial score (nSPS) is 19.8. The topological polar surface area (TPSA) is 63.4 Å². The molecule has 1 fully saturated rings. The van der Waals surface area contributed by atoms with Crippen molar-refractivity contribution in [3.63, 3.8) is 0 Å². The minimum absolute atomic E-state index is 0.0497. The minimum atomic E-state index is -0.410. The van der Waals surface area contributed by atoms with Crippen LogP contribution in [0, 0.1) is 12.8 Å². The molecule has 2 N–H and O–H groups in total. The number of carbonyl (C=O) groups excluding carboxylic acids is 2. The summed E-state index contributed by atoms with van der Waals surface area (Å²) in [5, 5.41) is 0. The van der Waals surface area contributed by atoms with Crippen molar-refractivity contribution >= 4 is 33.4 Å². The molecule has 0 aliphatic carbocycles. The maximum Gasteiger partial charge on any atom is 0.227 e. The van der Waals surface area contributed by atoms with E-state index in [1.165, 1.54) is 0 Å². The van der Waals surface area contributed by atoms with Crippen molar-refractivity contribution in [2.75, 3.05) is 11.4 Å². The summed E-state index contributed by atoms with van der Waals surface area (Å²) in [6, 6.07) is 5.76. The Balaban J connectivity index is 2.28. The van der Waals surface area contributed by atoms with Crippen molar-refractivity contribution in [3.05, 3.63) is 28.2 Å². The van der Waals surface area contributed by atoms with E-state index < -0.39 is 5.91 Å². The lowest BCUT2D eigenvalue weighted by Crippen LogP contribution is -2.28. The van der Waals surface area contributed by atoms with Gasteiger partial charge < -0.3 is 10.6 Å². The van der Waals surface area contributed by atoms with Gasteiger partial charge in [-0.25, -0.2) is 0 Å². The van der Waals surface area contributed by atoms with Crippen molar-refractivity contribution in [3.8, 4) is 0 Å². The zero-order valence-electron chi connectivity index (χ0n) is 9.44. The Morgan fingerprint density at radius 2 is 2.18 bits per heavy atom. The monoisotopic (exact) mass is 296 g/mol. The molecule has 0 saturated carbocycles. The maximum atomic E-state index is 11.8. The summed E-state index contributed by atoms with van der Waals surface area (Å²) in [6.07, 6.45) is 0.209. The number of benzene rings is 1. The molecule has 0 bridgehead atoms. The number of aryl methyl sites for hydroxylation is 1. The van der Waals surface area contributed by atoms with Crippen LogP contribution in [-0.2, 0) is 9.59 Å². The molecule has 1 aliphatic rings. The van der Waals surface area contributed by atoms with Crippen LogP contribution in [0.3, 0.4) is 0 Å². The number of nitrogens with zero attached hydrogens (tertiary/aromatic N) is 1. The average Bonchev–Trinajstić information content (AvgIpc) is 2.59. The van der Waals surface area contributed by atoms with Crippen molar-refractivity contribution < 1.29 is 9.59 Å². The van der Waals surface area contributed by atoms with Gasteiger partial charge >= 0.3 is 0 Å². The summed E-state index contributed by atoms with van der Waals surface area (Å²) in [7, 11) is 0. The predicted molar refractivity (Wildman–Crippen MR) is 68.5 cm³/mol. The van der Waals surface area contributed by atoms with E-state index in [1.54, 1.807) is 4.90 Å². The number of hydrogen-bond donors (Lipinski definition) is 1. The lowest BCUT2D eigenvalue weighted by molar-refractivity contribution is -0.123. The summed E-state index contributed by atoms with van der Waals surface area (Å²) < 4.78 is 0.919. The summed E-state index contributed by atoms with van der Waals surface area (Å²) >= 11 is 3.39. The Morgan fingerprint density at radius 3 is 2.71 bits per heavy atom. The van der Waals surface area contributed by atoms with Gasteiger partial charge in [0.05, 0.1) is 5.92 Å². The molecule has 90 valence electrons. The number of nitrogens with two attached hydrogens (primary N) is 1. The van der Waals surface area contributed by atoms with Crippen LogP contribution in [0.25, 0.3) is 0 Å². The average molecular weight is 297 g/mol. The van der Waals surface area contributed by atoms with Gasteiger partial charge in [-0.2, -0.15) is 0 Å². The van der Waals surface area contributed by atoms with E-state index in [4.69, 9.17) is 5.73 Å². The van der Waals surface area contributed by atoms with Gasteiger partial charge in [-0.15, -0.1) is 0 Å². The van der Waals surface area contributed by atoms with Crippen molar-refractivity contribution in [2.45, 2.75) is 13.3 Å². The zero-order chi connectivity index (χ0) is 12.6. The number of halogens is 1. The Bertz CT molecular complexity index is 467. The molecule has 2 rings (SSSR count). The van der Waals surface area contributed by atoms with Gasteiger partial charge in [0.2, 0.25) is 11.8 Å². The molecule has 5 heteroatoms. The second-order valence-corrected chi connectivity index (χ2v) is 5.21. The van der Waals surface area contributed by atoms with Crippen LogP contribution in [0.15, 0.2) is 22.7 Å². The van der Waals surface area contributed by atoms with E-state index in [0.717, 1.165) is 15.7 Å². The van der Waals surface area contributed by atoms with Gasteiger partial charge in [0.1, 0.15) is 0 Å². The van der Waals surface area contributed by atoms with Crippen molar-refractivity contribution in [1.82, 2.24) is 0 Å². The molecule has 0 radical (unpaired) electrons. The van der Waals surface area contributed by atoms with E-state index in [1.807, 2.05) is 25.1 Å². The van der Waals surface area contributed by atoms with Gasteiger partial charge in [0, 0.05) is 23.1 Å². The van der Waals surface area contributed by atoms with E-state index in [0.29, 0.717) is 6.54 Å². The second-order valence-electron chi connectivity index (χ2n) is 4.29. The molecule has 1 heterocycles. The SMILES string of the molecule is Cc1cc(Br)cc(N2CC(C(N)=O)CC2=O)c1. The largest absolute Gasteiger partial charge is 0.369 e. The summed E-state index contributed by atoms with van der Waals surface area (Å²) in [5.74, 6) is -0.833. The van der Waals surface area contributed by atoms with Crippen LogP contribution in [0.2, 0.25) is 0 Å². The van der Waals surface area contributed by atoms with E-state index in [9.17, 15) is 9.59 Å². The van der Waals surface area contributed by atoms with Crippen LogP contribution in [0.4, 0.5) is 5.69 Å². The van der Waals surface area contributed by atoms with Crippen LogP contribution in [0.1, 0.15) is 12.0 Å². The minimum Gasteiger partial charge on any atom is -0.369 e. The number of carbonyl (C=O) groups is 2. The highest BCUT2D eigenvalue weighted by Crippen LogP contribution is 2.28. The molecular formula is C12H13BrN2O2. The molecule has 0 aromatic heterocycles. The summed E-state index contributed by atoms with van der Waals surface area (Å²) in [6.45, 7) is 2.34. The van der Waals surface area contributed by atoms with Crippen molar-refractivity contribution in [2.24, 2.45) is 11.7 Å². The number of rotatable bonds is 2. The Hall–Kier alpha value is -1.36. The highest BCUT2D eigenvalue weighted by molar-refractivity contribution is 9.10. The molecule has 1 aromatic rings. The molecule has 1 atom stereocenters. The maximum absolute atomic E-state index is 11.8. The fourth-order valence-corrected chi connectivity index (χ4v) is 2.62. The smallest absolute Gasteiger partial charge is 0.227 e. The van der Waals surface area contributed by atoms with E-state index >= 15 is 0 Å². The molecule has 1 saturated heterocycles. The Labute approximate surface area is 108 Å². The van der Waals surface area contributed by atoms with Crippen LogP contribution in [-0.4, -0.2) is 18.4 Å². The van der Waals surface area contributed by atoms with Gasteiger partial charge in [-0.3, -0.25) is 9.59 Å². The lowest BCUT2D eigenvalue weighted by atomic mass is 10.1. The first-order valence-corrected chi connectivity index (χ1v) is 6.13. The third-order valence-corrected chi connectivity index (χ3v) is 3.32. The second kappa shape index (κ2) is 4.49. The van der Waals surface area contributed by atoms with Crippen LogP contribution < -0.4 is 10.6 Å². The first-order chi connectivity index (χ1) is 7.97. The van der Waals surface area contributed by atoms with Crippen LogP contribution >= 0.6 is 15.9 Å². The Kier molecular flexibility index (Phi) is 3.19. The van der Waals surface area contributed by atoms with Gasteiger partial charge in [-0.05, 0) is 30.7 Å². The van der Waals surface area contributed by atoms with Gasteiger partial charge in [0.25, 0.3) is 0 Å². The number of hydrogen-bond acceptors (Lipinski definition) is 2. The summed E-state index contributed by atoms with van der Waals surface area (Å²) in [5.41, 5.74) is 7.10. The molecule has 1 aliphatic heterocycles. The lowest BCUT2D eigenvalue weighted by Gasteiger charge is -2.17. The highest BCUT2D eigenvalue weighted by atomic mass is 79.9. The molecule has 2 amide bonds. The first kappa shape index (κ1) is 12.1. The number of primary amides is 1. The zero-order valence-corrected chi connectivity index (χ0v) is 11.0.